The van der Waals surface area contributed by atoms with Crippen LogP contribution in [-0.2, 0) is 54.3 Å². The topological polar surface area (TPSA) is 169 Å². The summed E-state index contributed by atoms with van der Waals surface area (Å²) in [6.45, 7) is -3.42. The van der Waals surface area contributed by atoms with E-state index >= 15 is 0 Å². The van der Waals surface area contributed by atoms with Crippen molar-refractivity contribution < 1.29 is 48.4 Å². The Morgan fingerprint density at radius 1 is 0.561 bits per heavy atom. The van der Waals surface area contributed by atoms with Gasteiger partial charge in [-0.3, -0.25) is 9.59 Å². The van der Waals surface area contributed by atoms with E-state index in [-0.39, 0.29) is 44.6 Å². The lowest BCUT2D eigenvalue weighted by atomic mass is 10.0. The van der Waals surface area contributed by atoms with E-state index in [0.717, 1.165) is 9.80 Å². The van der Waals surface area contributed by atoms with Crippen LogP contribution in [-0.4, -0.2) is 111 Å². The van der Waals surface area contributed by atoms with Gasteiger partial charge in [0.2, 0.25) is 11.8 Å². The number of hydrogen-bond donors (Lipinski definition) is 4. The molecule has 0 heterocycles. The molecule has 66 heavy (non-hydrogen) atoms. The van der Waals surface area contributed by atoms with E-state index in [4.69, 9.17) is 78.3 Å². The van der Waals surface area contributed by atoms with Crippen LogP contribution in [0.25, 0.3) is 0 Å². The van der Waals surface area contributed by atoms with Crippen molar-refractivity contribution in [1.29, 1.82) is 0 Å². The van der Waals surface area contributed by atoms with Gasteiger partial charge in [-0.25, -0.2) is 18.4 Å². The maximum absolute atomic E-state index is 13.2. The molecule has 2 amide bonds. The van der Waals surface area contributed by atoms with Crippen LogP contribution >= 0.6 is 46.4 Å². The summed E-state index contributed by atoms with van der Waals surface area (Å²) >= 11 is 22.9. The fraction of sp³-hybridized carbons (Fsp3) is 0.417. The number of amides is 2. The molecule has 0 bridgehead atoms. The van der Waals surface area contributed by atoms with Gasteiger partial charge in [0, 0.05) is 76.5 Å². The lowest BCUT2D eigenvalue weighted by Crippen LogP contribution is -2.50. The maximum atomic E-state index is 13.2. The second-order valence-corrected chi connectivity index (χ2v) is 15.2. The van der Waals surface area contributed by atoms with Gasteiger partial charge < -0.3 is 41.4 Å². The number of anilines is 2. The van der Waals surface area contributed by atoms with Crippen LogP contribution in [0.1, 0.15) is 47.1 Å². The summed E-state index contributed by atoms with van der Waals surface area (Å²) in [6.07, 6.45) is 0.381. The van der Waals surface area contributed by atoms with Gasteiger partial charge in [0.25, 0.3) is 0 Å². The normalized spacial score (nSPS) is 15.3. The smallest absolute Gasteiger partial charge is 0.328 e. The van der Waals surface area contributed by atoms with E-state index in [0.29, 0.717) is 27.9 Å². The first-order valence-electron chi connectivity index (χ1n) is 24.7. The van der Waals surface area contributed by atoms with Crippen molar-refractivity contribution in [1.82, 2.24) is 10.6 Å². The van der Waals surface area contributed by atoms with Crippen molar-refractivity contribution in [3.63, 3.8) is 0 Å². The second-order valence-electron chi connectivity index (χ2n) is 14.2. The highest BCUT2D eigenvalue weighted by atomic mass is 35.5. The number of esters is 2. The first-order chi connectivity index (χ1) is 34.6. The SMILES string of the molecule is [2H]C([2H])(CCl)N(c1ccc(CC(N)C(=O)NC(Cc2ccc(F)cc2)C(=O)OCC)cc1)C([2H])([2H])CCl.[2H]C([2H])(Cl)CN(c1ccc(CC(N)C(=O)NC(Cc2ccc(F)cc2)C(=O)OCC)cc1)C([2H])([2H])CCl. The Kier molecular flexibility index (Phi) is 20.3. The first kappa shape index (κ1) is 43.8. The van der Waals surface area contributed by atoms with Gasteiger partial charge in [-0.1, -0.05) is 48.5 Å². The largest absolute Gasteiger partial charge is 0.464 e. The second kappa shape index (κ2) is 30.6. The van der Waals surface area contributed by atoms with Gasteiger partial charge in [0.05, 0.1) is 33.5 Å². The lowest BCUT2D eigenvalue weighted by Gasteiger charge is -2.23. The molecule has 0 saturated carbocycles. The van der Waals surface area contributed by atoms with Gasteiger partial charge in [0.1, 0.15) is 23.7 Å². The van der Waals surface area contributed by atoms with E-state index in [1.807, 2.05) is 0 Å². The molecule has 0 fully saturated rings. The molecule has 18 heteroatoms. The molecule has 0 saturated heterocycles. The third-order valence-electron chi connectivity index (χ3n) is 9.41. The molecule has 4 aromatic rings. The van der Waals surface area contributed by atoms with Gasteiger partial charge >= 0.3 is 11.9 Å². The van der Waals surface area contributed by atoms with Crippen LogP contribution in [0.4, 0.5) is 20.2 Å². The van der Waals surface area contributed by atoms with Crippen molar-refractivity contribution >= 4 is 81.5 Å². The van der Waals surface area contributed by atoms with Crippen molar-refractivity contribution in [2.45, 2.75) is 63.7 Å². The summed E-state index contributed by atoms with van der Waals surface area (Å²) in [5.41, 5.74) is 15.3. The molecule has 0 aromatic heterocycles. The molecule has 0 aliphatic heterocycles. The zero-order chi connectivity index (χ0) is 55.6. The third kappa shape index (κ3) is 19.6. The molecule has 4 atom stereocenters. The summed E-state index contributed by atoms with van der Waals surface area (Å²) in [5.74, 6) is -6.88. The quantitative estimate of drug-likeness (QED) is 0.0401. The monoisotopic (exact) mass is 1000 g/mol. The molecule has 4 unspecified atom stereocenters. The summed E-state index contributed by atoms with van der Waals surface area (Å²) in [4.78, 5) is 52.4. The third-order valence-corrected chi connectivity index (χ3v) is 9.89. The molecule has 0 aliphatic rings. The number of benzene rings is 4. The summed E-state index contributed by atoms with van der Waals surface area (Å²) in [6, 6.07) is 19.5. The number of nitrogens with two attached hydrogens (primary N) is 2. The Bertz CT molecular complexity index is 2410. The number of nitrogens with zero attached hydrogens (tertiary/aromatic N) is 2. The summed E-state index contributed by atoms with van der Waals surface area (Å²) in [5, 5.41) is 5.21. The van der Waals surface area contributed by atoms with Crippen molar-refractivity contribution in [3.05, 3.63) is 131 Å². The molecular weight excluding hydrogens is 936 g/mol. The Morgan fingerprint density at radius 3 is 1.21 bits per heavy atom. The van der Waals surface area contributed by atoms with Crippen LogP contribution in [0.2, 0.25) is 0 Å². The highest BCUT2D eigenvalue weighted by Gasteiger charge is 2.27. The average Bonchev–Trinajstić information content (AvgIpc) is 3.34. The van der Waals surface area contributed by atoms with Crippen molar-refractivity contribution in [3.8, 4) is 0 Å². The minimum absolute atomic E-state index is 0.0863. The highest BCUT2D eigenvalue weighted by molar-refractivity contribution is 6.19. The first-order valence-corrected chi connectivity index (χ1v) is 22.6. The number of halogens is 6. The van der Waals surface area contributed by atoms with E-state index < -0.39 is 109 Å². The average molecular weight is 1000 g/mol. The molecule has 0 aliphatic carbocycles. The highest BCUT2D eigenvalue weighted by Crippen LogP contribution is 2.19. The number of alkyl halides is 4. The Morgan fingerprint density at radius 2 is 0.879 bits per heavy atom. The van der Waals surface area contributed by atoms with Crippen LogP contribution < -0.4 is 31.9 Å². The van der Waals surface area contributed by atoms with Gasteiger partial charge in [0.15, 0.2) is 0 Å². The standard InChI is InChI=1S/2C24H30Cl2FN3O3/c2*1-2-33-24(32)22(16-18-3-7-19(27)8-4-18)29-23(31)21(28)15-17-5-9-20(10-6-17)30(13-11-25)14-12-26/h2*3-10,21-22H,2,11-16,28H2,1H3,(H,29,31)/i13D2,14D2;11D2,14D2. The number of hydrogen-bond acceptors (Lipinski definition) is 10. The summed E-state index contributed by atoms with van der Waals surface area (Å²) < 4.78 is 100. The maximum Gasteiger partial charge on any atom is 0.328 e. The van der Waals surface area contributed by atoms with Crippen LogP contribution in [0.15, 0.2) is 97.1 Å². The molecule has 360 valence electrons. The molecular formula is C48H60Cl4F2N6O6. The van der Waals surface area contributed by atoms with Crippen molar-refractivity contribution in [2.24, 2.45) is 11.5 Å². The van der Waals surface area contributed by atoms with E-state index in [1.54, 1.807) is 50.2 Å². The predicted octanol–water partition coefficient (Wildman–Crippen LogP) is 6.54. The molecule has 0 spiro atoms. The van der Waals surface area contributed by atoms with Gasteiger partial charge in [-0.15, -0.1) is 46.4 Å². The van der Waals surface area contributed by atoms with Gasteiger partial charge in [-0.05, 0) is 97.5 Å². The van der Waals surface area contributed by atoms with E-state index in [2.05, 4.69) is 10.6 Å². The summed E-state index contributed by atoms with van der Waals surface area (Å²) in [7, 11) is 0. The van der Waals surface area contributed by atoms with E-state index in [9.17, 15) is 28.0 Å². The fourth-order valence-corrected chi connectivity index (χ4v) is 6.66. The number of carbonyl (C=O) groups excluding carboxylic acids is 4. The number of rotatable bonds is 26. The predicted molar refractivity (Wildman–Crippen MR) is 261 cm³/mol. The zero-order valence-electron chi connectivity index (χ0n) is 44.4. The minimum Gasteiger partial charge on any atom is -0.464 e. The zero-order valence-corrected chi connectivity index (χ0v) is 39.4. The Labute approximate surface area is 417 Å². The van der Waals surface area contributed by atoms with Crippen LogP contribution in [0.5, 0.6) is 0 Å². The minimum atomic E-state index is -2.22. The number of nitrogens with one attached hydrogen (secondary N) is 2. The fourth-order valence-electron chi connectivity index (χ4n) is 6.16. The molecule has 12 nitrogen and oxygen atoms in total. The van der Waals surface area contributed by atoms with Crippen LogP contribution in [0.3, 0.4) is 0 Å². The lowest BCUT2D eigenvalue weighted by molar-refractivity contribution is -0.147. The Balaban J connectivity index is 0.000000390. The molecule has 4 rings (SSSR count). The number of ether oxygens (including phenoxy) is 2. The van der Waals surface area contributed by atoms with Crippen molar-refractivity contribution in [2.75, 3.05) is 72.5 Å². The molecule has 0 radical (unpaired) electrons. The van der Waals surface area contributed by atoms with Crippen LogP contribution in [0, 0.1) is 11.6 Å². The molecule has 4 aromatic carbocycles. The number of carbonyl (C=O) groups is 4. The van der Waals surface area contributed by atoms with Gasteiger partial charge in [-0.2, -0.15) is 0 Å². The molecule has 6 N–H and O–H groups in total. The van der Waals surface area contributed by atoms with E-state index in [1.165, 1.54) is 60.7 Å². The Hall–Kier alpha value is -4.70.